The first-order valence-electron chi connectivity index (χ1n) is 5.66. The zero-order valence-corrected chi connectivity index (χ0v) is 12.2. The Hall–Kier alpha value is -1.65. The lowest BCUT2D eigenvalue weighted by Crippen LogP contribution is -2.08. The lowest BCUT2D eigenvalue weighted by Gasteiger charge is -2.10. The fourth-order valence-corrected chi connectivity index (χ4v) is 2.39. The van der Waals surface area contributed by atoms with Crippen molar-refractivity contribution in [3.8, 4) is 0 Å². The van der Waals surface area contributed by atoms with Crippen LogP contribution in [-0.4, -0.2) is 29.8 Å². The molecule has 5 heteroatoms. The largest absolute Gasteiger partial charge is 0.383 e. The average molecular weight is 293 g/mol. The predicted molar refractivity (Wildman–Crippen MR) is 79.6 cm³/mol. The third kappa shape index (κ3) is 3.43. The van der Waals surface area contributed by atoms with E-state index in [2.05, 4.69) is 4.98 Å². The Kier molecular flexibility index (Phi) is 4.35. The first kappa shape index (κ1) is 13.8. The first-order valence-corrected chi connectivity index (χ1v) is 6.92. The summed E-state index contributed by atoms with van der Waals surface area (Å²) in [6, 6.07) is 7.17. The van der Waals surface area contributed by atoms with Crippen molar-refractivity contribution in [3.63, 3.8) is 0 Å². The maximum Gasteiger partial charge on any atom is 0.205 e. The summed E-state index contributed by atoms with van der Waals surface area (Å²) < 4.78 is 0. The van der Waals surface area contributed by atoms with Crippen molar-refractivity contribution in [1.82, 2.24) is 9.88 Å². The molecule has 2 aromatic rings. The molecule has 0 amide bonds. The van der Waals surface area contributed by atoms with Crippen LogP contribution >= 0.6 is 22.9 Å². The average Bonchev–Trinajstić information content (AvgIpc) is 2.90. The van der Waals surface area contributed by atoms with E-state index in [9.17, 15) is 4.79 Å². The second-order valence-electron chi connectivity index (χ2n) is 4.18. The quantitative estimate of drug-likeness (QED) is 0.490. The Morgan fingerprint density at radius 1 is 1.37 bits per heavy atom. The number of hydrogen-bond donors (Lipinski definition) is 0. The molecule has 0 radical (unpaired) electrons. The van der Waals surface area contributed by atoms with Crippen molar-refractivity contribution in [2.75, 3.05) is 14.1 Å². The minimum atomic E-state index is -0.00665. The summed E-state index contributed by atoms with van der Waals surface area (Å²) in [5.74, 6) is -0.00665. The highest BCUT2D eigenvalue weighted by Crippen LogP contribution is 2.23. The Morgan fingerprint density at radius 2 is 2.16 bits per heavy atom. The minimum Gasteiger partial charge on any atom is -0.383 e. The topological polar surface area (TPSA) is 33.2 Å². The first-order chi connectivity index (χ1) is 9.08. The molecule has 0 unspecified atom stereocenters. The van der Waals surface area contributed by atoms with Gasteiger partial charge in [0.05, 0.1) is 4.88 Å². The van der Waals surface area contributed by atoms with Gasteiger partial charge in [-0.05, 0) is 23.6 Å². The molecule has 2 rings (SSSR count). The summed E-state index contributed by atoms with van der Waals surface area (Å²) >= 11 is 7.21. The Labute approximate surface area is 121 Å². The summed E-state index contributed by atoms with van der Waals surface area (Å²) in [5.41, 5.74) is 1.37. The number of pyridine rings is 1. The molecule has 0 aliphatic carbocycles. The number of carbonyl (C=O) groups excluding carboxylic acids is 1. The number of Topliss-reactive ketones (excluding diaryl/α,β-unsaturated/α-hetero) is 1. The number of nitrogens with zero attached hydrogens (tertiary/aromatic N) is 2. The van der Waals surface area contributed by atoms with Gasteiger partial charge < -0.3 is 4.90 Å². The van der Waals surface area contributed by atoms with Gasteiger partial charge in [0.25, 0.3) is 0 Å². The molecule has 0 saturated heterocycles. The van der Waals surface area contributed by atoms with Crippen molar-refractivity contribution in [3.05, 3.63) is 57.6 Å². The van der Waals surface area contributed by atoms with Crippen LogP contribution in [0.4, 0.5) is 0 Å². The summed E-state index contributed by atoms with van der Waals surface area (Å²) in [6.07, 6.45) is 3.41. The van der Waals surface area contributed by atoms with Gasteiger partial charge >= 0.3 is 0 Å². The number of aromatic nitrogens is 1. The van der Waals surface area contributed by atoms with Crippen LogP contribution in [0.5, 0.6) is 0 Å². The van der Waals surface area contributed by atoms with E-state index in [4.69, 9.17) is 11.6 Å². The number of ketones is 1. The predicted octanol–water partition coefficient (Wildman–Crippen LogP) is 3.58. The standard InChI is InChI=1S/C14H13ClN2OS/c1-17(2)9-11(10-5-6-13(15)16-8-10)14(18)12-4-3-7-19-12/h3-9H,1-2H3/b11-9+. The van der Waals surface area contributed by atoms with Crippen LogP contribution < -0.4 is 0 Å². The zero-order valence-electron chi connectivity index (χ0n) is 10.6. The number of allylic oxidation sites excluding steroid dienone is 1. The maximum atomic E-state index is 12.5. The Morgan fingerprint density at radius 3 is 2.68 bits per heavy atom. The van der Waals surface area contributed by atoms with Crippen molar-refractivity contribution in [2.24, 2.45) is 0 Å². The molecule has 19 heavy (non-hydrogen) atoms. The number of hydrogen-bond acceptors (Lipinski definition) is 4. The lowest BCUT2D eigenvalue weighted by atomic mass is 10.0. The number of carbonyl (C=O) groups is 1. The van der Waals surface area contributed by atoms with Crippen molar-refractivity contribution in [1.29, 1.82) is 0 Å². The molecule has 3 nitrogen and oxygen atoms in total. The zero-order chi connectivity index (χ0) is 13.8. The monoisotopic (exact) mass is 292 g/mol. The summed E-state index contributed by atoms with van der Waals surface area (Å²) in [5, 5.41) is 2.30. The van der Waals surface area contributed by atoms with Crippen molar-refractivity contribution in [2.45, 2.75) is 0 Å². The van der Waals surface area contributed by atoms with Gasteiger partial charge in [-0.3, -0.25) is 4.79 Å². The van der Waals surface area contributed by atoms with E-state index in [1.165, 1.54) is 11.3 Å². The summed E-state index contributed by atoms with van der Waals surface area (Å²) in [7, 11) is 3.76. The molecule has 0 N–H and O–H groups in total. The number of thiophene rings is 1. The fraction of sp³-hybridized carbons (Fsp3) is 0.143. The molecule has 0 saturated carbocycles. The van der Waals surface area contributed by atoms with Gasteiger partial charge in [-0.1, -0.05) is 17.7 Å². The van der Waals surface area contributed by atoms with Crippen LogP contribution in [0.15, 0.2) is 42.0 Å². The van der Waals surface area contributed by atoms with Crippen LogP contribution in [0.25, 0.3) is 5.57 Å². The van der Waals surface area contributed by atoms with E-state index < -0.39 is 0 Å². The van der Waals surface area contributed by atoms with Crippen LogP contribution in [0, 0.1) is 0 Å². The smallest absolute Gasteiger partial charge is 0.205 e. The molecular formula is C14H13ClN2OS. The third-order valence-electron chi connectivity index (χ3n) is 2.42. The molecule has 98 valence electrons. The SMILES string of the molecule is CN(C)/C=C(/C(=O)c1cccs1)c1ccc(Cl)nc1. The molecule has 0 atom stereocenters. The highest BCUT2D eigenvalue weighted by atomic mass is 35.5. The highest BCUT2D eigenvalue weighted by molar-refractivity contribution is 7.12. The van der Waals surface area contributed by atoms with Crippen LogP contribution in [0.2, 0.25) is 5.15 Å². The van der Waals surface area contributed by atoms with Crippen LogP contribution in [0.3, 0.4) is 0 Å². The van der Waals surface area contributed by atoms with Gasteiger partial charge in [-0.15, -0.1) is 11.3 Å². The summed E-state index contributed by atoms with van der Waals surface area (Å²) in [4.78, 5) is 19.1. The third-order valence-corrected chi connectivity index (χ3v) is 3.51. The molecule has 0 aromatic carbocycles. The van der Waals surface area contributed by atoms with Gasteiger partial charge in [0.1, 0.15) is 5.15 Å². The van der Waals surface area contributed by atoms with Gasteiger partial charge in [-0.2, -0.15) is 0 Å². The normalized spacial score (nSPS) is 11.4. The second kappa shape index (κ2) is 5.99. The lowest BCUT2D eigenvalue weighted by molar-refractivity contribution is 0.105. The molecule has 0 aliphatic heterocycles. The van der Waals surface area contributed by atoms with Gasteiger partial charge in [-0.25, -0.2) is 4.98 Å². The Bertz CT molecular complexity index is 588. The van der Waals surface area contributed by atoms with Crippen molar-refractivity contribution >= 4 is 34.3 Å². The summed E-state index contributed by atoms with van der Waals surface area (Å²) in [6.45, 7) is 0. The van der Waals surface area contributed by atoms with Gasteiger partial charge in [0.15, 0.2) is 0 Å². The molecule has 2 aromatic heterocycles. The minimum absolute atomic E-state index is 0.00665. The van der Waals surface area contributed by atoms with E-state index in [0.29, 0.717) is 15.6 Å². The molecule has 2 heterocycles. The van der Waals surface area contributed by atoms with Crippen LogP contribution in [0.1, 0.15) is 15.2 Å². The Balaban J connectivity index is 2.42. The molecule has 0 fully saturated rings. The van der Waals surface area contributed by atoms with E-state index in [0.717, 1.165) is 5.56 Å². The van der Waals surface area contributed by atoms with E-state index in [1.54, 1.807) is 24.5 Å². The molecule has 0 aliphatic rings. The molecule has 0 bridgehead atoms. The van der Waals surface area contributed by atoms with Crippen molar-refractivity contribution < 1.29 is 4.79 Å². The fourth-order valence-electron chi connectivity index (χ4n) is 1.60. The number of halogens is 1. The maximum absolute atomic E-state index is 12.5. The van der Waals surface area contributed by atoms with E-state index in [1.807, 2.05) is 36.5 Å². The van der Waals surface area contributed by atoms with E-state index >= 15 is 0 Å². The van der Waals surface area contributed by atoms with Gasteiger partial charge in [0, 0.05) is 37.6 Å². The second-order valence-corrected chi connectivity index (χ2v) is 5.52. The van der Waals surface area contributed by atoms with Gasteiger partial charge in [0.2, 0.25) is 5.78 Å². The van der Waals surface area contributed by atoms with Crippen LogP contribution in [-0.2, 0) is 0 Å². The highest BCUT2D eigenvalue weighted by Gasteiger charge is 2.16. The molecular weight excluding hydrogens is 280 g/mol. The molecule has 0 spiro atoms. The van der Waals surface area contributed by atoms with E-state index in [-0.39, 0.29) is 5.78 Å². The number of rotatable bonds is 4.